The van der Waals surface area contributed by atoms with Crippen molar-refractivity contribution >= 4 is 46.8 Å². The normalized spacial score (nSPS) is 9.69. The average molecular weight is 664 g/mol. The van der Waals surface area contributed by atoms with E-state index in [4.69, 9.17) is 26.8 Å². The topological polar surface area (TPSA) is 135 Å². The quantitative estimate of drug-likeness (QED) is 0.133. The highest BCUT2D eigenvalue weighted by molar-refractivity contribution is 6.80. The minimum Gasteiger partial charge on any atom is -0.496 e. The number of nitrogens with zero attached hydrogens (tertiary/aromatic N) is 1. The van der Waals surface area contributed by atoms with E-state index in [1.807, 2.05) is 75.5 Å². The molecule has 0 spiro atoms. The molecule has 0 saturated heterocycles. The summed E-state index contributed by atoms with van der Waals surface area (Å²) in [7, 11) is 3.28. The fourth-order valence-electron chi connectivity index (χ4n) is 3.87. The highest BCUT2D eigenvalue weighted by Gasteiger charge is 2.15. The van der Waals surface area contributed by atoms with Crippen LogP contribution in [0.3, 0.4) is 0 Å². The van der Waals surface area contributed by atoms with Gasteiger partial charge in [-0.25, -0.2) is 4.79 Å². The van der Waals surface area contributed by atoms with Crippen LogP contribution in [0.15, 0.2) is 54.7 Å². The lowest BCUT2D eigenvalue weighted by atomic mass is 10.0. The fourth-order valence-corrected chi connectivity index (χ4v) is 3.92. The van der Waals surface area contributed by atoms with Gasteiger partial charge in [0.05, 0.1) is 20.8 Å². The number of aromatic nitrogens is 1. The number of aryl methyl sites for hydroxylation is 5. The molecule has 9 nitrogen and oxygen atoms in total. The van der Waals surface area contributed by atoms with Gasteiger partial charge in [-0.1, -0.05) is 30.3 Å². The summed E-state index contributed by atoms with van der Waals surface area (Å²) in [6, 6.07) is 15.9. The third kappa shape index (κ3) is 16.2. The molecule has 2 aromatic carbocycles. The number of benzene rings is 2. The smallest absolute Gasteiger partial charge is 0.391 e. The summed E-state index contributed by atoms with van der Waals surface area (Å²) in [6.07, 6.45) is 4.20. The summed E-state index contributed by atoms with van der Waals surface area (Å²) in [5, 5.41) is -1.08. The largest absolute Gasteiger partial charge is 0.496 e. The first kappa shape index (κ1) is 41.2. The molecular weight excluding hydrogens is 619 g/mol. The molecule has 246 valence electrons. The summed E-state index contributed by atoms with van der Waals surface area (Å²) in [5.41, 5.74) is 11.9. The predicted octanol–water partition coefficient (Wildman–Crippen LogP) is 6.00. The molecule has 45 heavy (non-hydrogen) atoms. The zero-order chi connectivity index (χ0) is 33.1. The van der Waals surface area contributed by atoms with E-state index in [2.05, 4.69) is 9.72 Å². The molecule has 2 N–H and O–H groups in total. The summed E-state index contributed by atoms with van der Waals surface area (Å²) >= 11 is 4.69. The molecule has 11 heteroatoms. The Kier molecular flexibility index (Phi) is 20.8. The van der Waals surface area contributed by atoms with Crippen LogP contribution in [0, 0.1) is 20.8 Å². The Balaban J connectivity index is 0.000000798. The van der Waals surface area contributed by atoms with Gasteiger partial charge in [-0.3, -0.25) is 19.4 Å². The molecule has 3 rings (SSSR count). The second-order valence-corrected chi connectivity index (χ2v) is 10.2. The number of halogens is 2. The molecule has 0 amide bonds. The van der Waals surface area contributed by atoms with Gasteiger partial charge in [0.2, 0.25) is 0 Å². The first-order valence-electron chi connectivity index (χ1n) is 14.3. The highest BCUT2D eigenvalue weighted by Crippen LogP contribution is 2.22. The zero-order valence-electron chi connectivity index (χ0n) is 26.8. The minimum absolute atomic E-state index is 0. The van der Waals surface area contributed by atoms with Gasteiger partial charge < -0.3 is 19.9 Å². The number of pyridine rings is 1. The van der Waals surface area contributed by atoms with Crippen molar-refractivity contribution in [2.75, 3.05) is 20.8 Å². The molecule has 0 aliphatic rings. The number of hydrogen-bond donors (Lipinski definition) is 1. The average Bonchev–Trinajstić information content (AvgIpc) is 3.01. The van der Waals surface area contributed by atoms with Gasteiger partial charge in [-0.05, 0) is 99.0 Å². The van der Waals surface area contributed by atoms with E-state index in [0.29, 0.717) is 25.8 Å². The lowest BCUT2D eigenvalue weighted by molar-refractivity contribution is -0.149. The van der Waals surface area contributed by atoms with Crippen molar-refractivity contribution in [3.63, 3.8) is 0 Å². The summed E-state index contributed by atoms with van der Waals surface area (Å²) in [6.45, 7) is 8.31. The van der Waals surface area contributed by atoms with Crippen LogP contribution in [0.4, 0.5) is 0 Å². The zero-order valence-corrected chi connectivity index (χ0v) is 28.4. The first-order valence-corrected chi connectivity index (χ1v) is 14.6. The molecule has 0 unspecified atom stereocenters. The Hall–Kier alpha value is -3.79. The molecule has 0 saturated carbocycles. The van der Waals surface area contributed by atoms with Crippen molar-refractivity contribution in [3.05, 3.63) is 88.2 Å². The molecule has 3 aromatic rings. The van der Waals surface area contributed by atoms with E-state index in [9.17, 15) is 19.2 Å². The Bertz CT molecular complexity index is 1380. The van der Waals surface area contributed by atoms with Crippen molar-refractivity contribution in [1.82, 2.24) is 4.98 Å². The summed E-state index contributed by atoms with van der Waals surface area (Å²) < 4.78 is 14.7. The second kappa shape index (κ2) is 22.7. The highest BCUT2D eigenvalue weighted by atomic mass is 35.5. The van der Waals surface area contributed by atoms with Gasteiger partial charge in [-0.15, -0.1) is 12.4 Å². The van der Waals surface area contributed by atoms with E-state index in [1.165, 1.54) is 5.56 Å². The van der Waals surface area contributed by atoms with Crippen molar-refractivity contribution in [2.45, 2.75) is 66.3 Å². The van der Waals surface area contributed by atoms with Gasteiger partial charge >= 0.3 is 11.2 Å². The number of Topliss-reactive ketones (excluding diaryl/α,β-unsaturated/α-hetero) is 2. The predicted molar refractivity (Wildman–Crippen MR) is 178 cm³/mol. The van der Waals surface area contributed by atoms with E-state index in [0.717, 1.165) is 39.4 Å². The number of methoxy groups -OCH3 is 2. The number of carbonyl (C=O) groups is 4. The van der Waals surface area contributed by atoms with Crippen LogP contribution in [0.5, 0.6) is 11.5 Å². The van der Waals surface area contributed by atoms with Crippen LogP contribution in [-0.4, -0.2) is 48.6 Å². The third-order valence-corrected chi connectivity index (χ3v) is 6.44. The SMILES string of the molecule is CCOC(=O)C(=O)Cl.COc1cc(C)ccc1CCC(=O)C(=O)CCCc1ccc(C)cn1.COc1cc(C)ccc1CN.Cl. The van der Waals surface area contributed by atoms with Gasteiger partial charge in [0.25, 0.3) is 0 Å². The maximum atomic E-state index is 12.1. The maximum Gasteiger partial charge on any atom is 0.391 e. The van der Waals surface area contributed by atoms with Crippen LogP contribution in [-0.2, 0) is 43.3 Å². The van der Waals surface area contributed by atoms with Crippen molar-refractivity contribution in [2.24, 2.45) is 5.73 Å². The number of rotatable bonds is 13. The summed E-state index contributed by atoms with van der Waals surface area (Å²) in [4.78, 5) is 48.3. The second-order valence-electron chi connectivity index (χ2n) is 9.86. The number of esters is 1. The first-order chi connectivity index (χ1) is 20.9. The number of ketones is 2. The lowest BCUT2D eigenvalue weighted by Crippen LogP contribution is -2.15. The minimum atomic E-state index is -1.08. The molecule has 0 radical (unpaired) electrons. The summed E-state index contributed by atoms with van der Waals surface area (Å²) in [5.74, 6) is 0.0602. The van der Waals surface area contributed by atoms with Crippen LogP contribution < -0.4 is 15.2 Å². The van der Waals surface area contributed by atoms with E-state index in [1.54, 1.807) is 21.1 Å². The van der Waals surface area contributed by atoms with Crippen LogP contribution >= 0.6 is 24.0 Å². The third-order valence-electron chi connectivity index (χ3n) is 6.28. The maximum absolute atomic E-state index is 12.1. The number of ether oxygens (including phenoxy) is 3. The molecule has 1 heterocycles. The van der Waals surface area contributed by atoms with Crippen LogP contribution in [0.2, 0.25) is 0 Å². The monoisotopic (exact) mass is 662 g/mol. The van der Waals surface area contributed by atoms with E-state index in [-0.39, 0.29) is 43.4 Å². The number of nitrogens with two attached hydrogens (primary N) is 1. The molecular formula is C34H44Cl2N2O7. The molecule has 1 aromatic heterocycles. The van der Waals surface area contributed by atoms with Gasteiger partial charge in [0.15, 0.2) is 11.6 Å². The molecule has 0 fully saturated rings. The Morgan fingerprint density at radius 1 is 0.778 bits per heavy atom. The van der Waals surface area contributed by atoms with Crippen molar-refractivity contribution in [1.29, 1.82) is 0 Å². The molecule has 0 atom stereocenters. The Morgan fingerprint density at radius 3 is 1.78 bits per heavy atom. The number of carbonyl (C=O) groups excluding carboxylic acids is 4. The van der Waals surface area contributed by atoms with Gasteiger partial charge in [0.1, 0.15) is 11.5 Å². The van der Waals surface area contributed by atoms with Gasteiger partial charge in [-0.2, -0.15) is 0 Å². The van der Waals surface area contributed by atoms with Crippen LogP contribution in [0.25, 0.3) is 0 Å². The Labute approximate surface area is 277 Å². The number of hydrogen-bond acceptors (Lipinski definition) is 9. The lowest BCUT2D eigenvalue weighted by Gasteiger charge is -2.09. The molecule has 0 bridgehead atoms. The van der Waals surface area contributed by atoms with E-state index < -0.39 is 11.2 Å². The van der Waals surface area contributed by atoms with Crippen molar-refractivity contribution in [3.8, 4) is 11.5 Å². The van der Waals surface area contributed by atoms with Crippen LogP contribution in [0.1, 0.15) is 59.7 Å². The fraction of sp³-hybridized carbons (Fsp3) is 0.382. The molecule has 0 aliphatic heterocycles. The van der Waals surface area contributed by atoms with E-state index >= 15 is 0 Å². The van der Waals surface area contributed by atoms with Gasteiger partial charge in [0, 0.05) is 36.8 Å². The standard InChI is InChI=1S/C21H25NO3.C9H13NO.C4H5ClO3.ClH/c1-15-7-9-17(21(13-15)25-3)10-12-20(24)19(23)6-4-5-18-11-8-16(2)14-22-18;1-7-3-4-8(6-10)9(5-7)11-2;1-2-8-4(7)3(5)6;/h7-9,11,13-14H,4-6,10,12H2,1-3H3;3-5H,6,10H2,1-2H3;2H2,1H3;1H. The molecule has 0 aliphatic carbocycles. The van der Waals surface area contributed by atoms with Crippen molar-refractivity contribution < 1.29 is 33.4 Å². The Morgan fingerprint density at radius 2 is 1.31 bits per heavy atom.